The SMILES string of the molecule is CC(C)c1noc(C2CCN(c3ncnc(Nc4ccc(S(C)(=O)=O)c(F)c4)c3[N+](=O)[O-])CC2)n1. The van der Waals surface area contributed by atoms with Gasteiger partial charge in [0.05, 0.1) is 4.92 Å². The molecule has 3 heterocycles. The molecule has 0 atom stereocenters. The van der Waals surface area contributed by atoms with Gasteiger partial charge in [-0.15, -0.1) is 0 Å². The molecule has 35 heavy (non-hydrogen) atoms. The molecule has 0 bridgehead atoms. The van der Waals surface area contributed by atoms with Crippen LogP contribution in [0.1, 0.15) is 50.2 Å². The van der Waals surface area contributed by atoms with Crippen LogP contribution >= 0.6 is 0 Å². The summed E-state index contributed by atoms with van der Waals surface area (Å²) in [6, 6.07) is 3.35. The lowest BCUT2D eigenvalue weighted by atomic mass is 9.96. The van der Waals surface area contributed by atoms with Gasteiger partial charge < -0.3 is 14.7 Å². The van der Waals surface area contributed by atoms with Gasteiger partial charge in [0, 0.05) is 36.9 Å². The fraction of sp³-hybridized carbons (Fsp3) is 0.429. The van der Waals surface area contributed by atoms with Crippen LogP contribution in [-0.4, -0.2) is 52.8 Å². The van der Waals surface area contributed by atoms with Crippen LogP contribution in [-0.2, 0) is 9.84 Å². The second-order valence-corrected chi connectivity index (χ2v) is 10.6. The van der Waals surface area contributed by atoms with Crippen molar-refractivity contribution in [3.05, 3.63) is 52.2 Å². The molecule has 3 aromatic rings. The van der Waals surface area contributed by atoms with Crippen molar-refractivity contribution in [2.45, 2.75) is 43.4 Å². The van der Waals surface area contributed by atoms with Gasteiger partial charge in [0.15, 0.2) is 15.7 Å². The van der Waals surface area contributed by atoms with E-state index < -0.39 is 25.5 Å². The second kappa shape index (κ2) is 9.52. The molecule has 0 unspecified atom stereocenters. The zero-order chi connectivity index (χ0) is 25.3. The van der Waals surface area contributed by atoms with Crippen molar-refractivity contribution < 1.29 is 22.3 Å². The molecular formula is C21H24FN7O5S. The zero-order valence-electron chi connectivity index (χ0n) is 19.3. The van der Waals surface area contributed by atoms with Gasteiger partial charge in [0.1, 0.15) is 17.0 Å². The van der Waals surface area contributed by atoms with Crippen molar-refractivity contribution >= 4 is 32.8 Å². The van der Waals surface area contributed by atoms with Crippen molar-refractivity contribution in [1.82, 2.24) is 20.1 Å². The number of hydrogen-bond acceptors (Lipinski definition) is 11. The standard InChI is InChI=1S/C21H24FN7O5S/c1-12(2)18-26-21(34-27-18)13-6-8-28(9-7-13)20-17(29(30)31)19(23-11-24-20)25-14-4-5-16(15(22)10-14)35(3,32)33/h4-5,10-13H,6-9H2,1-3H3,(H,23,24,25). The van der Waals surface area contributed by atoms with E-state index in [4.69, 9.17) is 4.52 Å². The zero-order valence-corrected chi connectivity index (χ0v) is 20.1. The van der Waals surface area contributed by atoms with Crippen LogP contribution in [0.4, 0.5) is 27.4 Å². The molecule has 0 amide bonds. The summed E-state index contributed by atoms with van der Waals surface area (Å²) in [5.74, 6) is 0.426. The first-order valence-electron chi connectivity index (χ1n) is 10.9. The molecule has 1 aromatic carbocycles. The molecule has 1 aliphatic heterocycles. The molecule has 1 fully saturated rings. The van der Waals surface area contributed by atoms with Crippen LogP contribution in [0.5, 0.6) is 0 Å². The van der Waals surface area contributed by atoms with Crippen LogP contribution < -0.4 is 10.2 Å². The van der Waals surface area contributed by atoms with Gasteiger partial charge >= 0.3 is 5.69 Å². The van der Waals surface area contributed by atoms with E-state index in [9.17, 15) is 22.9 Å². The number of piperidine rings is 1. The van der Waals surface area contributed by atoms with Crippen molar-refractivity contribution in [1.29, 1.82) is 0 Å². The van der Waals surface area contributed by atoms with E-state index in [1.807, 2.05) is 13.8 Å². The third kappa shape index (κ3) is 5.21. The maximum atomic E-state index is 14.3. The maximum absolute atomic E-state index is 14.3. The molecule has 4 rings (SSSR count). The average Bonchev–Trinajstić information content (AvgIpc) is 3.29. The number of hydrogen-bond donors (Lipinski definition) is 1. The molecule has 0 spiro atoms. The number of nitro groups is 1. The highest BCUT2D eigenvalue weighted by molar-refractivity contribution is 7.90. The van der Waals surface area contributed by atoms with Crippen molar-refractivity contribution in [2.24, 2.45) is 0 Å². The number of sulfone groups is 1. The summed E-state index contributed by atoms with van der Waals surface area (Å²) >= 11 is 0. The van der Waals surface area contributed by atoms with E-state index in [0.29, 0.717) is 37.6 Å². The fourth-order valence-electron chi connectivity index (χ4n) is 3.86. The lowest BCUT2D eigenvalue weighted by Gasteiger charge is -2.30. The predicted molar refractivity (Wildman–Crippen MR) is 124 cm³/mol. The Morgan fingerprint density at radius 1 is 1.26 bits per heavy atom. The first-order chi connectivity index (χ1) is 16.5. The molecule has 1 saturated heterocycles. The molecule has 0 saturated carbocycles. The molecule has 1 aliphatic rings. The molecule has 12 nitrogen and oxygen atoms in total. The highest BCUT2D eigenvalue weighted by atomic mass is 32.2. The van der Waals surface area contributed by atoms with Crippen LogP contribution in [0, 0.1) is 15.9 Å². The van der Waals surface area contributed by atoms with E-state index in [1.165, 1.54) is 12.4 Å². The van der Waals surface area contributed by atoms with Gasteiger partial charge in [0.2, 0.25) is 17.5 Å². The average molecular weight is 506 g/mol. The topological polar surface area (TPSA) is 157 Å². The first kappa shape index (κ1) is 24.4. The Labute approximate surface area is 200 Å². The van der Waals surface area contributed by atoms with Gasteiger partial charge in [-0.3, -0.25) is 10.1 Å². The lowest BCUT2D eigenvalue weighted by Crippen LogP contribution is -2.34. The second-order valence-electron chi connectivity index (χ2n) is 8.60. The molecule has 0 aliphatic carbocycles. The normalized spacial score (nSPS) is 14.9. The van der Waals surface area contributed by atoms with Crippen LogP contribution in [0.2, 0.25) is 0 Å². The number of nitrogens with one attached hydrogen (secondary N) is 1. The van der Waals surface area contributed by atoms with Crippen LogP contribution in [0.25, 0.3) is 0 Å². The number of rotatable bonds is 7. The maximum Gasteiger partial charge on any atom is 0.353 e. The van der Waals surface area contributed by atoms with Gasteiger partial charge in [0.25, 0.3) is 0 Å². The molecule has 186 valence electrons. The van der Waals surface area contributed by atoms with E-state index in [0.717, 1.165) is 18.4 Å². The van der Waals surface area contributed by atoms with E-state index >= 15 is 0 Å². The summed E-state index contributed by atoms with van der Waals surface area (Å²) in [6.07, 6.45) is 3.36. The van der Waals surface area contributed by atoms with Crippen molar-refractivity contribution in [2.75, 3.05) is 29.6 Å². The summed E-state index contributed by atoms with van der Waals surface area (Å²) < 4.78 is 43.0. The highest BCUT2D eigenvalue weighted by Crippen LogP contribution is 2.37. The summed E-state index contributed by atoms with van der Waals surface area (Å²) in [7, 11) is -3.75. The summed E-state index contributed by atoms with van der Waals surface area (Å²) in [4.78, 5) is 25.2. The Morgan fingerprint density at radius 3 is 2.54 bits per heavy atom. The minimum atomic E-state index is -3.75. The van der Waals surface area contributed by atoms with Gasteiger partial charge in [-0.05, 0) is 31.0 Å². The predicted octanol–water partition coefficient (Wildman–Crippen LogP) is 3.56. The Bertz CT molecular complexity index is 1350. The first-order valence-corrected chi connectivity index (χ1v) is 12.8. The number of nitrogens with zero attached hydrogens (tertiary/aromatic N) is 6. The van der Waals surface area contributed by atoms with Crippen LogP contribution in [0.3, 0.4) is 0 Å². The third-order valence-electron chi connectivity index (χ3n) is 5.70. The van der Waals surface area contributed by atoms with Gasteiger partial charge in [-0.2, -0.15) is 4.98 Å². The highest BCUT2D eigenvalue weighted by Gasteiger charge is 2.32. The monoisotopic (exact) mass is 505 g/mol. The van der Waals surface area contributed by atoms with Gasteiger partial charge in [-0.25, -0.2) is 22.8 Å². The van der Waals surface area contributed by atoms with Gasteiger partial charge in [-0.1, -0.05) is 19.0 Å². The quantitative estimate of drug-likeness (QED) is 0.370. The minimum Gasteiger partial charge on any atom is -0.351 e. The molecule has 2 aromatic heterocycles. The van der Waals surface area contributed by atoms with Crippen LogP contribution in [0.15, 0.2) is 33.9 Å². The van der Waals surface area contributed by atoms with E-state index in [1.54, 1.807) is 4.90 Å². The smallest absolute Gasteiger partial charge is 0.351 e. The van der Waals surface area contributed by atoms with E-state index in [-0.39, 0.29) is 34.8 Å². The number of anilines is 3. The minimum absolute atomic E-state index is 0.0427. The Kier molecular flexibility index (Phi) is 6.65. The molecular weight excluding hydrogens is 481 g/mol. The summed E-state index contributed by atoms with van der Waals surface area (Å²) in [5, 5.41) is 18.7. The summed E-state index contributed by atoms with van der Waals surface area (Å²) in [5.41, 5.74) is -0.253. The molecule has 14 heteroatoms. The van der Waals surface area contributed by atoms with E-state index in [2.05, 4.69) is 25.4 Å². The Hall–Kier alpha value is -3.68. The largest absolute Gasteiger partial charge is 0.353 e. The summed E-state index contributed by atoms with van der Waals surface area (Å²) in [6.45, 7) is 4.90. The number of aromatic nitrogens is 4. The molecule has 1 N–H and O–H groups in total. The molecule has 0 radical (unpaired) electrons. The van der Waals surface area contributed by atoms with Crippen molar-refractivity contribution in [3.8, 4) is 0 Å². The fourth-order valence-corrected chi connectivity index (χ4v) is 4.59. The Balaban J connectivity index is 1.55. The van der Waals surface area contributed by atoms with Crippen molar-refractivity contribution in [3.63, 3.8) is 0 Å². The Morgan fingerprint density at radius 2 is 1.97 bits per heavy atom. The lowest BCUT2D eigenvalue weighted by molar-refractivity contribution is -0.383. The third-order valence-corrected chi connectivity index (χ3v) is 6.83. The number of benzene rings is 1. The number of halogens is 1.